The normalized spacial score (nSPS) is 9.94. The van der Waals surface area contributed by atoms with Crippen molar-refractivity contribution in [2.75, 3.05) is 28.2 Å². The first-order valence-electron chi connectivity index (χ1n) is 5.07. The highest BCUT2D eigenvalue weighted by Crippen LogP contribution is 2.19. The number of rotatable bonds is 2. The average molecular weight is 255 g/mol. The van der Waals surface area contributed by atoms with E-state index in [1.807, 2.05) is 0 Å². The quantitative estimate of drug-likeness (QED) is 0.807. The second-order valence-electron chi connectivity index (χ2n) is 4.09. The van der Waals surface area contributed by atoms with E-state index in [9.17, 15) is 9.59 Å². The lowest BCUT2D eigenvalue weighted by molar-refractivity contribution is 0.0816. The summed E-state index contributed by atoms with van der Waals surface area (Å²) in [6.45, 7) is 0. The SMILES string of the molecule is CN(C)C(=O)c1ccc(C(=O)N(C)C)c(Cl)c1. The third kappa shape index (κ3) is 2.97. The zero-order valence-electron chi connectivity index (χ0n) is 10.3. The zero-order chi connectivity index (χ0) is 13.2. The molecule has 17 heavy (non-hydrogen) atoms. The summed E-state index contributed by atoms with van der Waals surface area (Å²) in [5.41, 5.74) is 0.863. The summed E-state index contributed by atoms with van der Waals surface area (Å²) in [6.07, 6.45) is 0. The smallest absolute Gasteiger partial charge is 0.254 e. The van der Waals surface area contributed by atoms with Crippen molar-refractivity contribution in [2.24, 2.45) is 0 Å². The van der Waals surface area contributed by atoms with Crippen molar-refractivity contribution in [1.29, 1.82) is 0 Å². The molecule has 0 bridgehead atoms. The zero-order valence-corrected chi connectivity index (χ0v) is 11.1. The van der Waals surface area contributed by atoms with Crippen molar-refractivity contribution in [3.8, 4) is 0 Å². The van der Waals surface area contributed by atoms with Gasteiger partial charge in [-0.3, -0.25) is 9.59 Å². The third-order valence-corrected chi connectivity index (χ3v) is 2.57. The van der Waals surface area contributed by atoms with Crippen LogP contribution in [0.2, 0.25) is 5.02 Å². The van der Waals surface area contributed by atoms with Gasteiger partial charge in [-0.05, 0) is 18.2 Å². The number of carbonyl (C=O) groups is 2. The van der Waals surface area contributed by atoms with Crippen molar-refractivity contribution in [2.45, 2.75) is 0 Å². The van der Waals surface area contributed by atoms with Gasteiger partial charge in [-0.2, -0.15) is 0 Å². The van der Waals surface area contributed by atoms with Crippen LogP contribution in [0, 0.1) is 0 Å². The standard InChI is InChI=1S/C12H15ClN2O2/c1-14(2)11(16)8-5-6-9(10(13)7-8)12(17)15(3)4/h5-7H,1-4H3. The Bertz CT molecular complexity index is 456. The molecule has 0 saturated heterocycles. The van der Waals surface area contributed by atoms with E-state index in [0.717, 1.165) is 0 Å². The van der Waals surface area contributed by atoms with Gasteiger partial charge in [0.2, 0.25) is 0 Å². The van der Waals surface area contributed by atoms with E-state index in [0.29, 0.717) is 11.1 Å². The van der Waals surface area contributed by atoms with Gasteiger partial charge in [0.1, 0.15) is 0 Å². The molecule has 92 valence electrons. The number of hydrogen-bond acceptors (Lipinski definition) is 2. The van der Waals surface area contributed by atoms with Crippen LogP contribution >= 0.6 is 11.6 Å². The minimum absolute atomic E-state index is 0.143. The average Bonchev–Trinajstić information content (AvgIpc) is 2.26. The molecule has 1 aromatic rings. The fourth-order valence-electron chi connectivity index (χ4n) is 1.32. The second kappa shape index (κ2) is 5.19. The Morgan fingerprint density at radius 2 is 1.53 bits per heavy atom. The maximum absolute atomic E-state index is 11.7. The number of carbonyl (C=O) groups excluding carboxylic acids is 2. The minimum atomic E-state index is -0.182. The second-order valence-corrected chi connectivity index (χ2v) is 4.50. The molecule has 0 atom stereocenters. The van der Waals surface area contributed by atoms with Gasteiger partial charge in [0.25, 0.3) is 11.8 Å². The number of nitrogens with zero attached hydrogens (tertiary/aromatic N) is 2. The molecular weight excluding hydrogens is 240 g/mol. The van der Waals surface area contributed by atoms with Gasteiger partial charge in [0.05, 0.1) is 10.6 Å². The van der Waals surface area contributed by atoms with Gasteiger partial charge in [-0.15, -0.1) is 0 Å². The molecule has 0 unspecified atom stereocenters. The van der Waals surface area contributed by atoms with E-state index in [-0.39, 0.29) is 16.8 Å². The molecular formula is C12H15ClN2O2. The molecule has 0 radical (unpaired) electrons. The molecule has 0 aliphatic carbocycles. The summed E-state index contributed by atoms with van der Waals surface area (Å²) in [7, 11) is 6.62. The molecule has 2 amide bonds. The maximum Gasteiger partial charge on any atom is 0.254 e. The predicted octanol–water partition coefficient (Wildman–Crippen LogP) is 1.74. The summed E-state index contributed by atoms with van der Waals surface area (Å²) in [5.74, 6) is -0.324. The van der Waals surface area contributed by atoms with Crippen LogP contribution in [0.1, 0.15) is 20.7 Å². The molecule has 0 spiro atoms. The van der Waals surface area contributed by atoms with Gasteiger partial charge in [0.15, 0.2) is 0 Å². The van der Waals surface area contributed by atoms with Gasteiger partial charge in [-0.1, -0.05) is 11.6 Å². The van der Waals surface area contributed by atoms with E-state index >= 15 is 0 Å². The summed E-state index contributed by atoms with van der Waals surface area (Å²) in [4.78, 5) is 26.3. The summed E-state index contributed by atoms with van der Waals surface area (Å²) < 4.78 is 0. The van der Waals surface area contributed by atoms with E-state index in [1.165, 1.54) is 15.9 Å². The van der Waals surface area contributed by atoms with Crippen molar-refractivity contribution in [3.05, 3.63) is 34.3 Å². The van der Waals surface area contributed by atoms with Crippen LogP contribution in [0.15, 0.2) is 18.2 Å². The van der Waals surface area contributed by atoms with Gasteiger partial charge in [-0.25, -0.2) is 0 Å². The van der Waals surface area contributed by atoms with Crippen LogP contribution in [-0.2, 0) is 0 Å². The van der Waals surface area contributed by atoms with Crippen molar-refractivity contribution < 1.29 is 9.59 Å². The molecule has 1 aromatic carbocycles. The summed E-state index contributed by atoms with van der Waals surface area (Å²) in [6, 6.07) is 4.69. The first-order valence-corrected chi connectivity index (χ1v) is 5.45. The molecule has 0 saturated carbocycles. The molecule has 1 rings (SSSR count). The van der Waals surface area contributed by atoms with E-state index in [4.69, 9.17) is 11.6 Å². The van der Waals surface area contributed by atoms with Crippen LogP contribution in [0.5, 0.6) is 0 Å². The largest absolute Gasteiger partial charge is 0.345 e. The highest BCUT2D eigenvalue weighted by Gasteiger charge is 2.15. The fraction of sp³-hybridized carbons (Fsp3) is 0.333. The Morgan fingerprint density at radius 1 is 1.00 bits per heavy atom. The number of benzene rings is 1. The molecule has 0 heterocycles. The van der Waals surface area contributed by atoms with Crippen LogP contribution in [0.3, 0.4) is 0 Å². The molecule has 0 N–H and O–H groups in total. The van der Waals surface area contributed by atoms with E-state index in [1.54, 1.807) is 40.3 Å². The Kier molecular flexibility index (Phi) is 4.12. The Labute approximate surface area is 106 Å². The van der Waals surface area contributed by atoms with E-state index < -0.39 is 0 Å². The first kappa shape index (κ1) is 13.5. The highest BCUT2D eigenvalue weighted by atomic mass is 35.5. The lowest BCUT2D eigenvalue weighted by Crippen LogP contribution is -2.23. The van der Waals surface area contributed by atoms with Gasteiger partial charge < -0.3 is 9.80 Å². The lowest BCUT2D eigenvalue weighted by atomic mass is 10.1. The Morgan fingerprint density at radius 3 is 1.94 bits per heavy atom. The monoisotopic (exact) mass is 254 g/mol. The molecule has 0 aliphatic heterocycles. The molecule has 0 fully saturated rings. The lowest BCUT2D eigenvalue weighted by Gasteiger charge is -2.14. The van der Waals surface area contributed by atoms with E-state index in [2.05, 4.69) is 0 Å². The van der Waals surface area contributed by atoms with Crippen molar-refractivity contribution in [3.63, 3.8) is 0 Å². The fourth-order valence-corrected chi connectivity index (χ4v) is 1.58. The minimum Gasteiger partial charge on any atom is -0.345 e. The third-order valence-electron chi connectivity index (χ3n) is 2.26. The number of halogens is 1. The molecule has 0 aromatic heterocycles. The van der Waals surface area contributed by atoms with Crippen LogP contribution in [0.25, 0.3) is 0 Å². The van der Waals surface area contributed by atoms with Crippen molar-refractivity contribution >= 4 is 23.4 Å². The number of amides is 2. The summed E-state index contributed by atoms with van der Waals surface area (Å²) in [5, 5.41) is 0.288. The van der Waals surface area contributed by atoms with Crippen LogP contribution < -0.4 is 0 Å². The van der Waals surface area contributed by atoms with Crippen LogP contribution in [0.4, 0.5) is 0 Å². The molecule has 0 aliphatic rings. The topological polar surface area (TPSA) is 40.6 Å². The highest BCUT2D eigenvalue weighted by molar-refractivity contribution is 6.34. The van der Waals surface area contributed by atoms with Gasteiger partial charge in [0, 0.05) is 33.8 Å². The van der Waals surface area contributed by atoms with Gasteiger partial charge >= 0.3 is 0 Å². The van der Waals surface area contributed by atoms with Crippen LogP contribution in [-0.4, -0.2) is 49.8 Å². The number of hydrogen-bond donors (Lipinski definition) is 0. The first-order chi connectivity index (χ1) is 7.84. The predicted molar refractivity (Wildman–Crippen MR) is 67.5 cm³/mol. The van der Waals surface area contributed by atoms with Crippen molar-refractivity contribution in [1.82, 2.24) is 9.80 Å². The Hall–Kier alpha value is -1.55. The Balaban J connectivity index is 3.10. The maximum atomic E-state index is 11.7. The molecule has 5 heteroatoms. The summed E-state index contributed by atoms with van der Waals surface area (Å²) >= 11 is 6.00. The molecule has 4 nitrogen and oxygen atoms in total.